The van der Waals surface area contributed by atoms with Crippen molar-refractivity contribution in [3.8, 4) is 6.57 Å². The van der Waals surface area contributed by atoms with Crippen molar-refractivity contribution in [2.45, 2.75) is 6.92 Å². The molecule has 0 radical (unpaired) electrons. The van der Waals surface area contributed by atoms with Crippen molar-refractivity contribution in [2.75, 3.05) is 0 Å². The van der Waals surface area contributed by atoms with Crippen LogP contribution in [0.3, 0.4) is 0 Å². The Morgan fingerprint density at radius 2 is 2.22 bits per heavy atom. The molecule has 0 N–H and O–H groups in total. The molecule has 0 aliphatic rings. The van der Waals surface area contributed by atoms with Crippen molar-refractivity contribution in [1.82, 2.24) is 4.98 Å². The smallest absolute Gasteiger partial charge is 0.0462 e. The summed E-state index contributed by atoms with van der Waals surface area (Å²) in [6.45, 7) is 5.52. The molecule has 1 rings (SSSR count). The summed E-state index contributed by atoms with van der Waals surface area (Å²) in [5.41, 5.74) is 1.21. The molecule has 0 aliphatic heterocycles. The van der Waals surface area contributed by atoms with E-state index < -0.39 is 0 Å². The summed E-state index contributed by atoms with van der Waals surface area (Å²) >= 11 is 0. The van der Waals surface area contributed by atoms with Crippen LogP contribution in [0.5, 0.6) is 0 Å². The van der Waals surface area contributed by atoms with Gasteiger partial charge in [-0.2, -0.15) is 0 Å². The van der Waals surface area contributed by atoms with Gasteiger partial charge in [0.1, 0.15) is 0 Å². The van der Waals surface area contributed by atoms with Crippen molar-refractivity contribution < 1.29 is 0 Å². The Morgan fingerprint density at radius 3 is 2.44 bits per heavy atom. The Balaban J connectivity index is 0.000000291. The highest BCUT2D eigenvalue weighted by Crippen LogP contribution is 1.88. The second-order valence-corrected chi connectivity index (χ2v) is 1.53. The van der Waals surface area contributed by atoms with Gasteiger partial charge in [0.2, 0.25) is 0 Å². The molecule has 46 valence electrons. The summed E-state index contributed by atoms with van der Waals surface area (Å²) in [7, 11) is 0. The fraction of sp³-hybridized carbons (Fsp3) is 0.143. The van der Waals surface area contributed by atoms with E-state index in [2.05, 4.69) is 11.6 Å². The molecule has 0 aliphatic carbocycles. The fourth-order valence-corrected chi connectivity index (χ4v) is 0.448. The van der Waals surface area contributed by atoms with Gasteiger partial charge in [-0.05, 0) is 18.6 Å². The standard InChI is InChI=1S/C6H7N.CHN/c1-6-3-2-4-7-5-6;1-2/h2-5H,1H3;1H. The molecular weight excluding hydrogens is 112 g/mol. The van der Waals surface area contributed by atoms with Gasteiger partial charge in [-0.3, -0.25) is 4.98 Å². The quantitative estimate of drug-likeness (QED) is 0.520. The summed E-state index contributed by atoms with van der Waals surface area (Å²) < 4.78 is 0. The van der Waals surface area contributed by atoms with E-state index in [0.717, 1.165) is 0 Å². The monoisotopic (exact) mass is 120 g/mol. The number of nitrogens with zero attached hydrogens (tertiary/aromatic N) is 2. The number of nitriles is 1. The summed E-state index contributed by atoms with van der Waals surface area (Å²) in [5, 5.41) is 6.50. The van der Waals surface area contributed by atoms with E-state index in [1.165, 1.54) is 5.56 Å². The minimum atomic E-state index is 1.21. The zero-order valence-corrected chi connectivity index (χ0v) is 5.28. The van der Waals surface area contributed by atoms with Crippen LogP contribution in [-0.2, 0) is 0 Å². The van der Waals surface area contributed by atoms with Gasteiger partial charge in [0, 0.05) is 19.0 Å². The number of hydrogen-bond donors (Lipinski definition) is 0. The Bertz CT molecular complexity index is 167. The van der Waals surface area contributed by atoms with E-state index >= 15 is 0 Å². The van der Waals surface area contributed by atoms with Crippen LogP contribution in [0.4, 0.5) is 0 Å². The average Bonchev–Trinajstić information content (AvgIpc) is 1.94. The zero-order valence-electron chi connectivity index (χ0n) is 5.28. The van der Waals surface area contributed by atoms with E-state index in [1.54, 1.807) is 6.20 Å². The molecule has 2 nitrogen and oxygen atoms in total. The molecule has 9 heavy (non-hydrogen) atoms. The molecular formula is C7H8N2. The third-order valence-electron chi connectivity index (χ3n) is 0.809. The van der Waals surface area contributed by atoms with Crippen molar-refractivity contribution in [1.29, 1.82) is 5.26 Å². The van der Waals surface area contributed by atoms with Gasteiger partial charge < -0.3 is 0 Å². The maximum atomic E-state index is 6.50. The SMILES string of the molecule is C#N.Cc1cccnc1. The molecule has 1 heterocycles. The molecule has 0 fully saturated rings. The summed E-state index contributed by atoms with van der Waals surface area (Å²) in [6, 6.07) is 3.95. The molecule has 0 unspecified atom stereocenters. The molecule has 0 bridgehead atoms. The molecule has 1 aromatic rings. The average molecular weight is 120 g/mol. The summed E-state index contributed by atoms with van der Waals surface area (Å²) in [5.74, 6) is 0. The van der Waals surface area contributed by atoms with Crippen molar-refractivity contribution in [2.24, 2.45) is 0 Å². The van der Waals surface area contributed by atoms with Gasteiger partial charge in [-0.1, -0.05) is 6.07 Å². The minimum Gasteiger partial charge on any atom is -0.264 e. The first-order valence-corrected chi connectivity index (χ1v) is 2.52. The lowest BCUT2D eigenvalue weighted by Crippen LogP contribution is -1.69. The molecule has 0 atom stereocenters. The van der Waals surface area contributed by atoms with Crippen LogP contribution >= 0.6 is 0 Å². The normalized spacial score (nSPS) is 7.00. The number of aryl methyl sites for hydroxylation is 1. The van der Waals surface area contributed by atoms with Gasteiger partial charge in [0.15, 0.2) is 0 Å². The first-order valence-electron chi connectivity index (χ1n) is 2.52. The lowest BCUT2D eigenvalue weighted by atomic mass is 10.3. The Labute approximate surface area is 54.8 Å². The number of hydrogen-bond acceptors (Lipinski definition) is 2. The van der Waals surface area contributed by atoms with Gasteiger partial charge >= 0.3 is 0 Å². The first kappa shape index (κ1) is 7.64. The van der Waals surface area contributed by atoms with Crippen molar-refractivity contribution >= 4 is 0 Å². The van der Waals surface area contributed by atoms with E-state index in [1.807, 2.05) is 25.3 Å². The molecule has 0 saturated carbocycles. The van der Waals surface area contributed by atoms with E-state index in [0.29, 0.717) is 0 Å². The Morgan fingerprint density at radius 1 is 1.56 bits per heavy atom. The van der Waals surface area contributed by atoms with E-state index in [4.69, 9.17) is 5.26 Å². The second-order valence-electron chi connectivity index (χ2n) is 1.53. The van der Waals surface area contributed by atoms with E-state index in [-0.39, 0.29) is 0 Å². The lowest BCUT2D eigenvalue weighted by molar-refractivity contribution is 1.27. The molecule has 0 saturated heterocycles. The maximum Gasteiger partial charge on any atom is 0.0462 e. The van der Waals surface area contributed by atoms with Gasteiger partial charge in [-0.15, -0.1) is 0 Å². The van der Waals surface area contributed by atoms with Crippen LogP contribution in [0.25, 0.3) is 0 Å². The molecule has 0 spiro atoms. The van der Waals surface area contributed by atoms with Crippen LogP contribution < -0.4 is 0 Å². The van der Waals surface area contributed by atoms with E-state index in [9.17, 15) is 0 Å². The highest BCUT2D eigenvalue weighted by atomic mass is 14.6. The topological polar surface area (TPSA) is 36.7 Å². The highest BCUT2D eigenvalue weighted by Gasteiger charge is 1.73. The van der Waals surface area contributed by atoms with Crippen molar-refractivity contribution in [3.63, 3.8) is 0 Å². The number of pyridine rings is 1. The second kappa shape index (κ2) is 4.79. The summed E-state index contributed by atoms with van der Waals surface area (Å²) in [4.78, 5) is 3.88. The van der Waals surface area contributed by atoms with Gasteiger partial charge in [0.25, 0.3) is 0 Å². The third kappa shape index (κ3) is 3.24. The molecule has 0 aromatic carbocycles. The van der Waals surface area contributed by atoms with Crippen molar-refractivity contribution in [3.05, 3.63) is 30.1 Å². The largest absolute Gasteiger partial charge is 0.264 e. The zero-order chi connectivity index (χ0) is 7.11. The highest BCUT2D eigenvalue weighted by molar-refractivity contribution is 5.04. The van der Waals surface area contributed by atoms with Crippen LogP contribution in [0, 0.1) is 18.8 Å². The number of aromatic nitrogens is 1. The van der Waals surface area contributed by atoms with Gasteiger partial charge in [-0.25, -0.2) is 5.26 Å². The predicted molar refractivity (Wildman–Crippen MR) is 35.6 cm³/mol. The Hall–Kier alpha value is -1.36. The maximum absolute atomic E-state index is 6.50. The fourth-order valence-electron chi connectivity index (χ4n) is 0.448. The van der Waals surface area contributed by atoms with Crippen LogP contribution in [0.15, 0.2) is 24.5 Å². The lowest BCUT2D eigenvalue weighted by Gasteiger charge is -1.82. The molecule has 2 heteroatoms. The van der Waals surface area contributed by atoms with Gasteiger partial charge in [0.05, 0.1) is 0 Å². The summed E-state index contributed by atoms with van der Waals surface area (Å²) in [6.07, 6.45) is 3.60. The molecule has 1 aromatic heterocycles. The van der Waals surface area contributed by atoms with Crippen LogP contribution in [-0.4, -0.2) is 4.98 Å². The van der Waals surface area contributed by atoms with Crippen LogP contribution in [0.1, 0.15) is 5.56 Å². The molecule has 0 amide bonds. The predicted octanol–water partition coefficient (Wildman–Crippen LogP) is 1.53. The Kier molecular flexibility index (Phi) is 4.07. The third-order valence-corrected chi connectivity index (χ3v) is 0.809. The number of rotatable bonds is 0. The first-order chi connectivity index (χ1) is 4.39. The van der Waals surface area contributed by atoms with Crippen LogP contribution in [0.2, 0.25) is 0 Å². The minimum absolute atomic E-state index is 1.21.